The fourth-order valence-electron chi connectivity index (χ4n) is 3.08. The number of rotatable bonds is 6. The number of carboxylic acids is 1. The molecule has 1 N–H and O–H groups in total. The number of amides is 1. The lowest BCUT2D eigenvalue weighted by molar-refractivity contribution is 0.0697. The molecule has 0 saturated heterocycles. The number of anilines is 1. The maximum Gasteiger partial charge on any atom is 0.337 e. The summed E-state index contributed by atoms with van der Waals surface area (Å²) in [5, 5.41) is 9.80. The Kier molecular flexibility index (Phi) is 6.31. The monoisotopic (exact) mass is 457 g/mol. The minimum atomic E-state index is -1.05. The van der Waals surface area contributed by atoms with Gasteiger partial charge in [0.15, 0.2) is 0 Å². The van der Waals surface area contributed by atoms with Gasteiger partial charge in [-0.05, 0) is 71.6 Å². The molecule has 1 amide bonds. The third-order valence-corrected chi connectivity index (χ3v) is 5.93. The Labute approximate surface area is 176 Å². The number of hydrogen-bond acceptors (Lipinski definition) is 3. The highest BCUT2D eigenvalue weighted by molar-refractivity contribution is 9.11. The zero-order valence-electron chi connectivity index (χ0n) is 15.6. The van der Waals surface area contributed by atoms with Crippen LogP contribution >= 0.6 is 27.3 Å². The second-order valence-corrected chi connectivity index (χ2v) is 9.15. The topological polar surface area (TPSA) is 57.6 Å². The molecule has 0 unspecified atom stereocenters. The highest BCUT2D eigenvalue weighted by Gasteiger charge is 2.26. The standard InChI is InChI=1S/C22H20BrNO3S/c1-14(2)24(21(25)19-10-11-20(23)28-19)18-9-8-16(13-17(18)22(26)27)12-15-6-4-3-5-7-15/h3-11,13-14H,12H2,1-2H3,(H,26,27). The van der Waals surface area contributed by atoms with Gasteiger partial charge in [0.1, 0.15) is 0 Å². The Morgan fingerprint density at radius 2 is 1.75 bits per heavy atom. The Morgan fingerprint density at radius 1 is 1.04 bits per heavy atom. The van der Waals surface area contributed by atoms with E-state index in [0.29, 0.717) is 17.0 Å². The Bertz CT molecular complexity index is 998. The molecule has 0 bridgehead atoms. The molecule has 4 nitrogen and oxygen atoms in total. The van der Waals surface area contributed by atoms with Crippen molar-refractivity contribution in [3.63, 3.8) is 0 Å². The van der Waals surface area contributed by atoms with E-state index in [1.54, 1.807) is 23.1 Å². The minimum absolute atomic E-state index is 0.131. The van der Waals surface area contributed by atoms with Crippen LogP contribution < -0.4 is 4.90 Å². The van der Waals surface area contributed by atoms with Crippen LogP contribution in [0.5, 0.6) is 0 Å². The van der Waals surface area contributed by atoms with Crippen molar-refractivity contribution in [1.82, 2.24) is 0 Å². The van der Waals surface area contributed by atoms with E-state index < -0.39 is 5.97 Å². The van der Waals surface area contributed by atoms with E-state index in [1.807, 2.05) is 56.3 Å². The molecule has 0 aliphatic carbocycles. The highest BCUT2D eigenvalue weighted by Crippen LogP contribution is 2.30. The van der Waals surface area contributed by atoms with Crippen LogP contribution in [0.15, 0.2) is 64.5 Å². The molecule has 0 aliphatic heterocycles. The van der Waals surface area contributed by atoms with E-state index in [-0.39, 0.29) is 17.5 Å². The summed E-state index contributed by atoms with van der Waals surface area (Å²) in [6.45, 7) is 3.76. The summed E-state index contributed by atoms with van der Waals surface area (Å²) in [6.07, 6.45) is 0.634. The quantitative estimate of drug-likeness (QED) is 0.504. The average molecular weight is 458 g/mol. The van der Waals surface area contributed by atoms with Crippen molar-refractivity contribution in [3.05, 3.63) is 86.0 Å². The van der Waals surface area contributed by atoms with Gasteiger partial charge in [-0.25, -0.2) is 4.79 Å². The molecule has 0 radical (unpaired) electrons. The van der Waals surface area contributed by atoms with E-state index in [4.69, 9.17) is 0 Å². The van der Waals surface area contributed by atoms with Gasteiger partial charge in [0.25, 0.3) is 5.91 Å². The van der Waals surface area contributed by atoms with Crippen LogP contribution in [-0.4, -0.2) is 23.0 Å². The Morgan fingerprint density at radius 3 is 2.32 bits per heavy atom. The second kappa shape index (κ2) is 8.71. The van der Waals surface area contributed by atoms with Crippen molar-refractivity contribution < 1.29 is 14.7 Å². The summed E-state index contributed by atoms with van der Waals surface area (Å²) in [6, 6.07) is 18.5. The van der Waals surface area contributed by atoms with Crippen molar-refractivity contribution in [1.29, 1.82) is 0 Å². The molecule has 144 valence electrons. The summed E-state index contributed by atoms with van der Waals surface area (Å²) in [5.41, 5.74) is 2.54. The molecule has 2 aromatic carbocycles. The van der Waals surface area contributed by atoms with Crippen molar-refractivity contribution in [2.24, 2.45) is 0 Å². The van der Waals surface area contributed by atoms with Gasteiger partial charge in [-0.3, -0.25) is 4.79 Å². The molecule has 3 rings (SSSR count). The van der Waals surface area contributed by atoms with Crippen LogP contribution in [0.4, 0.5) is 5.69 Å². The van der Waals surface area contributed by atoms with Crippen LogP contribution in [0.1, 0.15) is 45.0 Å². The van der Waals surface area contributed by atoms with Crippen LogP contribution in [-0.2, 0) is 6.42 Å². The largest absolute Gasteiger partial charge is 0.478 e. The number of nitrogens with zero attached hydrogens (tertiary/aromatic N) is 1. The molecule has 0 saturated carbocycles. The number of benzene rings is 2. The van der Waals surface area contributed by atoms with E-state index in [2.05, 4.69) is 15.9 Å². The van der Waals surface area contributed by atoms with Gasteiger partial charge in [-0.2, -0.15) is 0 Å². The van der Waals surface area contributed by atoms with Gasteiger partial charge < -0.3 is 10.0 Å². The Hall–Kier alpha value is -2.44. The van der Waals surface area contributed by atoms with Gasteiger partial charge in [-0.15, -0.1) is 11.3 Å². The third-order valence-electron chi connectivity index (χ3n) is 4.32. The zero-order valence-corrected chi connectivity index (χ0v) is 18.0. The van der Waals surface area contributed by atoms with Gasteiger partial charge in [0.05, 0.1) is 19.9 Å². The number of carbonyl (C=O) groups is 2. The number of carboxylic acid groups (broad SMARTS) is 1. The van der Waals surface area contributed by atoms with E-state index in [1.165, 1.54) is 11.3 Å². The maximum atomic E-state index is 13.1. The predicted molar refractivity (Wildman–Crippen MR) is 117 cm³/mol. The zero-order chi connectivity index (χ0) is 20.3. The van der Waals surface area contributed by atoms with Crippen molar-refractivity contribution >= 4 is 44.8 Å². The lowest BCUT2D eigenvalue weighted by atomic mass is 10.0. The number of aromatic carboxylic acids is 1. The lowest BCUT2D eigenvalue weighted by Gasteiger charge is -2.28. The van der Waals surface area contributed by atoms with Crippen LogP contribution in [0, 0.1) is 0 Å². The van der Waals surface area contributed by atoms with E-state index in [0.717, 1.165) is 14.9 Å². The molecule has 1 aromatic heterocycles. The fourth-order valence-corrected chi connectivity index (χ4v) is 4.40. The van der Waals surface area contributed by atoms with Crippen molar-refractivity contribution in [3.8, 4) is 0 Å². The number of hydrogen-bond donors (Lipinski definition) is 1. The summed E-state index contributed by atoms with van der Waals surface area (Å²) in [4.78, 5) is 27.2. The van der Waals surface area contributed by atoms with Gasteiger partial charge >= 0.3 is 5.97 Å². The second-order valence-electron chi connectivity index (χ2n) is 6.69. The molecule has 0 aliphatic rings. The van der Waals surface area contributed by atoms with Gasteiger partial charge in [0, 0.05) is 6.04 Å². The molecule has 3 aromatic rings. The molecule has 0 atom stereocenters. The smallest absolute Gasteiger partial charge is 0.337 e. The number of thiophene rings is 1. The first-order valence-electron chi connectivity index (χ1n) is 8.86. The summed E-state index contributed by atoms with van der Waals surface area (Å²) in [5.74, 6) is -1.25. The minimum Gasteiger partial charge on any atom is -0.478 e. The fraction of sp³-hybridized carbons (Fsp3) is 0.182. The van der Waals surface area contributed by atoms with Crippen molar-refractivity contribution in [2.75, 3.05) is 4.90 Å². The normalized spacial score (nSPS) is 10.9. The van der Waals surface area contributed by atoms with E-state index in [9.17, 15) is 14.7 Å². The van der Waals surface area contributed by atoms with Crippen molar-refractivity contribution in [2.45, 2.75) is 26.3 Å². The summed E-state index contributed by atoms with van der Waals surface area (Å²) >= 11 is 4.71. The molecule has 1 heterocycles. The Balaban J connectivity index is 2.00. The van der Waals surface area contributed by atoms with Crippen LogP contribution in [0.25, 0.3) is 0 Å². The van der Waals surface area contributed by atoms with E-state index >= 15 is 0 Å². The third kappa shape index (κ3) is 4.51. The molecule has 6 heteroatoms. The summed E-state index contributed by atoms with van der Waals surface area (Å²) < 4.78 is 0.858. The first-order valence-corrected chi connectivity index (χ1v) is 10.5. The van der Waals surface area contributed by atoms with Crippen LogP contribution in [0.3, 0.4) is 0 Å². The summed E-state index contributed by atoms with van der Waals surface area (Å²) in [7, 11) is 0. The number of halogens is 1. The first kappa shape index (κ1) is 20.3. The average Bonchev–Trinajstić information content (AvgIpc) is 3.09. The molecule has 0 fully saturated rings. The maximum absolute atomic E-state index is 13.1. The molecule has 0 spiro atoms. The highest BCUT2D eigenvalue weighted by atomic mass is 79.9. The molecule has 28 heavy (non-hydrogen) atoms. The molecular weight excluding hydrogens is 438 g/mol. The predicted octanol–water partition coefficient (Wildman–Crippen LogP) is 5.85. The SMILES string of the molecule is CC(C)N(C(=O)c1ccc(Br)s1)c1ccc(Cc2ccccc2)cc1C(=O)O. The lowest BCUT2D eigenvalue weighted by Crippen LogP contribution is -2.37. The van der Waals surface area contributed by atoms with Gasteiger partial charge in [-0.1, -0.05) is 36.4 Å². The number of carbonyl (C=O) groups excluding carboxylic acids is 1. The van der Waals surface area contributed by atoms with Gasteiger partial charge in [0.2, 0.25) is 0 Å². The van der Waals surface area contributed by atoms with Crippen LogP contribution in [0.2, 0.25) is 0 Å². The first-order chi connectivity index (χ1) is 13.4. The molecular formula is C22H20BrNO3S.